The van der Waals surface area contributed by atoms with Crippen molar-refractivity contribution in [2.75, 3.05) is 0 Å². The topological polar surface area (TPSA) is 66.4 Å². The molecule has 0 fully saturated rings. The number of carbonyl (C=O) groups excluding carboxylic acids is 1. The van der Waals surface area contributed by atoms with Crippen molar-refractivity contribution in [1.29, 1.82) is 0 Å². The van der Waals surface area contributed by atoms with Crippen LogP contribution in [0.25, 0.3) is 0 Å². The molecule has 1 aromatic carbocycles. The second-order valence-corrected chi connectivity index (χ2v) is 6.57. The van der Waals surface area contributed by atoms with Crippen LogP contribution in [0.5, 0.6) is 0 Å². The third-order valence-corrected chi connectivity index (χ3v) is 3.70. The number of nitrogens with one attached hydrogen (secondary N) is 1. The van der Waals surface area contributed by atoms with Gasteiger partial charge in [-0.1, -0.05) is 19.1 Å². The number of hydrogen-bond donors (Lipinski definition) is 2. The molecule has 0 saturated heterocycles. The lowest BCUT2D eigenvalue weighted by atomic mass is 9.95. The van der Waals surface area contributed by atoms with Gasteiger partial charge in [-0.25, -0.2) is 0 Å². The Morgan fingerprint density at radius 3 is 2.17 bits per heavy atom. The van der Waals surface area contributed by atoms with Crippen LogP contribution in [0.3, 0.4) is 0 Å². The van der Waals surface area contributed by atoms with E-state index in [0.29, 0.717) is 18.4 Å². The van der Waals surface area contributed by atoms with Crippen LogP contribution in [-0.2, 0) is 22.2 Å². The number of aliphatic carboxylic acids is 1. The SMILES string of the molecule is CC(Cc1ccc(C(F)(F)F)cc1)C(=O)NC(C)(C)CCC(=O)O. The van der Waals surface area contributed by atoms with Gasteiger partial charge in [-0.3, -0.25) is 9.59 Å². The lowest BCUT2D eigenvalue weighted by Gasteiger charge is -2.27. The van der Waals surface area contributed by atoms with Crippen LogP contribution in [0, 0.1) is 5.92 Å². The van der Waals surface area contributed by atoms with Gasteiger partial charge in [-0.15, -0.1) is 0 Å². The number of halogens is 3. The molecule has 1 unspecified atom stereocenters. The van der Waals surface area contributed by atoms with Crippen LogP contribution in [0.1, 0.15) is 44.7 Å². The zero-order valence-corrected chi connectivity index (χ0v) is 13.9. The molecule has 0 bridgehead atoms. The fourth-order valence-corrected chi connectivity index (χ4v) is 2.21. The number of carbonyl (C=O) groups is 2. The normalized spacial score (nSPS) is 13.4. The number of amides is 1. The Bertz CT molecular complexity index is 580. The quantitative estimate of drug-likeness (QED) is 0.793. The van der Waals surface area contributed by atoms with E-state index in [4.69, 9.17) is 5.11 Å². The molecular weight excluding hydrogens is 323 g/mol. The highest BCUT2D eigenvalue weighted by atomic mass is 19.4. The summed E-state index contributed by atoms with van der Waals surface area (Å²) in [6, 6.07) is 4.72. The second-order valence-electron chi connectivity index (χ2n) is 6.57. The summed E-state index contributed by atoms with van der Waals surface area (Å²) in [4.78, 5) is 22.8. The fraction of sp³-hybridized carbons (Fsp3) is 0.529. The van der Waals surface area contributed by atoms with E-state index in [2.05, 4.69) is 5.32 Å². The number of rotatable bonds is 7. The molecule has 134 valence electrons. The monoisotopic (exact) mass is 345 g/mol. The summed E-state index contributed by atoms with van der Waals surface area (Å²) >= 11 is 0. The maximum atomic E-state index is 12.5. The molecule has 2 N–H and O–H groups in total. The maximum Gasteiger partial charge on any atom is 0.416 e. The molecule has 24 heavy (non-hydrogen) atoms. The number of carboxylic acid groups (broad SMARTS) is 1. The molecule has 7 heteroatoms. The Kier molecular flexibility index (Phi) is 6.40. The zero-order valence-electron chi connectivity index (χ0n) is 13.9. The first kappa shape index (κ1) is 20.0. The van der Waals surface area contributed by atoms with Crippen LogP contribution in [0.2, 0.25) is 0 Å². The van der Waals surface area contributed by atoms with Gasteiger partial charge in [0.2, 0.25) is 5.91 Å². The molecular formula is C17H22F3NO3. The predicted octanol–water partition coefficient (Wildman–Crippen LogP) is 3.64. The highest BCUT2D eigenvalue weighted by molar-refractivity contribution is 5.79. The van der Waals surface area contributed by atoms with Gasteiger partial charge in [0.1, 0.15) is 0 Å². The van der Waals surface area contributed by atoms with Gasteiger partial charge in [0.15, 0.2) is 0 Å². The molecule has 1 atom stereocenters. The third kappa shape index (κ3) is 6.60. The summed E-state index contributed by atoms with van der Waals surface area (Å²) in [5.74, 6) is -1.63. The number of hydrogen-bond acceptors (Lipinski definition) is 2. The summed E-state index contributed by atoms with van der Waals surface area (Å²) in [6.07, 6.45) is -3.84. The molecule has 1 amide bonds. The second kappa shape index (κ2) is 7.68. The molecule has 0 heterocycles. The lowest BCUT2D eigenvalue weighted by Crippen LogP contribution is -2.46. The maximum absolute atomic E-state index is 12.5. The minimum Gasteiger partial charge on any atom is -0.481 e. The van der Waals surface area contributed by atoms with Gasteiger partial charge in [0.25, 0.3) is 0 Å². The molecule has 0 radical (unpaired) electrons. The first-order valence-electron chi connectivity index (χ1n) is 7.61. The fourth-order valence-electron chi connectivity index (χ4n) is 2.21. The van der Waals surface area contributed by atoms with E-state index in [1.807, 2.05) is 0 Å². The van der Waals surface area contributed by atoms with E-state index in [1.165, 1.54) is 12.1 Å². The third-order valence-electron chi connectivity index (χ3n) is 3.70. The van der Waals surface area contributed by atoms with Gasteiger partial charge >= 0.3 is 12.1 Å². The van der Waals surface area contributed by atoms with Crippen molar-refractivity contribution in [3.05, 3.63) is 35.4 Å². The van der Waals surface area contributed by atoms with Gasteiger partial charge in [-0.05, 0) is 44.4 Å². The average Bonchev–Trinajstić information content (AvgIpc) is 2.44. The van der Waals surface area contributed by atoms with E-state index in [9.17, 15) is 22.8 Å². The van der Waals surface area contributed by atoms with E-state index < -0.39 is 29.2 Å². The molecule has 0 aromatic heterocycles. The van der Waals surface area contributed by atoms with Crippen molar-refractivity contribution in [3.8, 4) is 0 Å². The average molecular weight is 345 g/mol. The van der Waals surface area contributed by atoms with E-state index in [-0.39, 0.29) is 12.3 Å². The first-order valence-corrected chi connectivity index (χ1v) is 7.61. The molecule has 1 aromatic rings. The molecule has 0 aliphatic rings. The smallest absolute Gasteiger partial charge is 0.416 e. The van der Waals surface area contributed by atoms with Crippen molar-refractivity contribution in [2.45, 2.75) is 51.7 Å². The lowest BCUT2D eigenvalue weighted by molar-refractivity contribution is -0.138. The summed E-state index contributed by atoms with van der Waals surface area (Å²) in [6.45, 7) is 5.15. The summed E-state index contributed by atoms with van der Waals surface area (Å²) in [5.41, 5.74) is -0.753. The Morgan fingerprint density at radius 2 is 1.71 bits per heavy atom. The standard InChI is InChI=1S/C17H22F3NO3/c1-11(15(24)21-16(2,3)9-8-14(22)23)10-12-4-6-13(7-5-12)17(18,19)20/h4-7,11H,8-10H2,1-3H3,(H,21,24)(H,22,23). The highest BCUT2D eigenvalue weighted by Crippen LogP contribution is 2.29. The van der Waals surface area contributed by atoms with Gasteiger partial charge in [0.05, 0.1) is 5.56 Å². The minimum atomic E-state index is -4.38. The van der Waals surface area contributed by atoms with Crippen LogP contribution >= 0.6 is 0 Å². The zero-order chi connectivity index (χ0) is 18.5. The van der Waals surface area contributed by atoms with E-state index >= 15 is 0 Å². The number of carboxylic acids is 1. The Morgan fingerprint density at radius 1 is 1.17 bits per heavy atom. The van der Waals surface area contributed by atoms with E-state index in [0.717, 1.165) is 12.1 Å². The first-order chi connectivity index (χ1) is 10.9. The Balaban J connectivity index is 2.62. The van der Waals surface area contributed by atoms with Crippen LogP contribution < -0.4 is 5.32 Å². The highest BCUT2D eigenvalue weighted by Gasteiger charge is 2.30. The minimum absolute atomic E-state index is 0.0550. The largest absolute Gasteiger partial charge is 0.481 e. The number of benzene rings is 1. The summed E-state index contributed by atoms with van der Waals surface area (Å²) < 4.78 is 37.6. The van der Waals surface area contributed by atoms with Gasteiger partial charge < -0.3 is 10.4 Å². The Labute approximate surface area is 139 Å². The summed E-state index contributed by atoms with van der Waals surface area (Å²) in [5, 5.41) is 11.5. The van der Waals surface area contributed by atoms with Crippen molar-refractivity contribution in [1.82, 2.24) is 5.32 Å². The van der Waals surface area contributed by atoms with Crippen LogP contribution in [-0.4, -0.2) is 22.5 Å². The van der Waals surface area contributed by atoms with Crippen molar-refractivity contribution in [3.63, 3.8) is 0 Å². The summed E-state index contributed by atoms with van der Waals surface area (Å²) in [7, 11) is 0. The molecule has 4 nitrogen and oxygen atoms in total. The van der Waals surface area contributed by atoms with Crippen molar-refractivity contribution >= 4 is 11.9 Å². The Hall–Kier alpha value is -2.05. The van der Waals surface area contributed by atoms with E-state index in [1.54, 1.807) is 20.8 Å². The van der Waals surface area contributed by atoms with Crippen LogP contribution in [0.15, 0.2) is 24.3 Å². The predicted molar refractivity (Wildman–Crippen MR) is 83.4 cm³/mol. The van der Waals surface area contributed by atoms with Crippen molar-refractivity contribution in [2.24, 2.45) is 5.92 Å². The van der Waals surface area contributed by atoms with Gasteiger partial charge in [0, 0.05) is 17.9 Å². The molecule has 0 aliphatic heterocycles. The number of alkyl halides is 3. The molecule has 0 saturated carbocycles. The van der Waals surface area contributed by atoms with Gasteiger partial charge in [-0.2, -0.15) is 13.2 Å². The molecule has 0 spiro atoms. The van der Waals surface area contributed by atoms with Crippen molar-refractivity contribution < 1.29 is 27.9 Å². The molecule has 0 aliphatic carbocycles. The van der Waals surface area contributed by atoms with Crippen LogP contribution in [0.4, 0.5) is 13.2 Å². The molecule has 1 rings (SSSR count).